The Hall–Kier alpha value is -2.03. The summed E-state index contributed by atoms with van der Waals surface area (Å²) in [7, 11) is -4.00. The Bertz CT molecular complexity index is 807. The molecule has 0 spiro atoms. The number of rotatable bonds is 3. The maximum absolute atomic E-state index is 12.4. The fourth-order valence-electron chi connectivity index (χ4n) is 1.42. The zero-order valence-electron chi connectivity index (χ0n) is 11.7. The SMILES string of the molecule is NC(=O)c1ccc(F)cc1Br.O=S(=O)(O)/C=C/c1ccccc1. The quantitative estimate of drug-likeness (QED) is 0.771. The third-order valence-corrected chi connectivity index (χ3v) is 3.56. The van der Waals surface area contributed by atoms with Gasteiger partial charge in [-0.3, -0.25) is 9.35 Å². The van der Waals surface area contributed by atoms with Crippen LogP contribution in [0.25, 0.3) is 6.08 Å². The first-order chi connectivity index (χ1) is 10.7. The summed E-state index contributed by atoms with van der Waals surface area (Å²) in [5, 5.41) is 0.752. The van der Waals surface area contributed by atoms with Gasteiger partial charge in [0.05, 0.1) is 11.0 Å². The first-order valence-electron chi connectivity index (χ1n) is 6.14. The second kappa shape index (κ2) is 8.56. The lowest BCUT2D eigenvalue weighted by Gasteiger charge is -1.97. The van der Waals surface area contributed by atoms with Crippen molar-refractivity contribution in [3.8, 4) is 0 Å². The van der Waals surface area contributed by atoms with Gasteiger partial charge in [-0.2, -0.15) is 8.42 Å². The van der Waals surface area contributed by atoms with Crippen LogP contribution in [0.5, 0.6) is 0 Å². The highest BCUT2D eigenvalue weighted by molar-refractivity contribution is 9.10. The van der Waals surface area contributed by atoms with E-state index in [0.717, 1.165) is 11.0 Å². The minimum Gasteiger partial charge on any atom is -0.366 e. The van der Waals surface area contributed by atoms with Gasteiger partial charge in [0.25, 0.3) is 10.1 Å². The first-order valence-corrected chi connectivity index (χ1v) is 8.44. The topological polar surface area (TPSA) is 97.5 Å². The summed E-state index contributed by atoms with van der Waals surface area (Å²) in [5.41, 5.74) is 5.99. The van der Waals surface area contributed by atoms with Crippen LogP contribution in [0.1, 0.15) is 15.9 Å². The van der Waals surface area contributed by atoms with Crippen molar-refractivity contribution in [1.82, 2.24) is 0 Å². The monoisotopic (exact) mass is 401 g/mol. The van der Waals surface area contributed by atoms with Crippen molar-refractivity contribution >= 4 is 38.0 Å². The summed E-state index contributed by atoms with van der Waals surface area (Å²) < 4.78 is 41.7. The van der Waals surface area contributed by atoms with Gasteiger partial charge in [-0.05, 0) is 45.8 Å². The Balaban J connectivity index is 0.000000231. The second-order valence-corrected chi connectivity index (χ2v) is 6.37. The number of amides is 1. The summed E-state index contributed by atoms with van der Waals surface area (Å²) in [5.74, 6) is -0.973. The van der Waals surface area contributed by atoms with Crippen LogP contribution in [0.2, 0.25) is 0 Å². The van der Waals surface area contributed by atoms with E-state index in [9.17, 15) is 17.6 Å². The standard InChI is InChI=1S/C8H8O3S.C7H5BrFNO/c9-12(10,11)7-6-8-4-2-1-3-5-8;8-6-3-4(9)1-2-5(6)7(10)11/h1-7H,(H,9,10,11);1-3H,(H2,10,11)/b7-6+;. The molecular formula is C15H13BrFNO4S. The van der Waals surface area contributed by atoms with Gasteiger partial charge < -0.3 is 5.73 Å². The van der Waals surface area contributed by atoms with Gasteiger partial charge in [0.1, 0.15) is 5.82 Å². The summed E-state index contributed by atoms with van der Waals surface area (Å²) in [6, 6.07) is 12.6. The average Bonchev–Trinajstić information content (AvgIpc) is 2.46. The number of primary amides is 1. The van der Waals surface area contributed by atoms with Crippen LogP contribution < -0.4 is 5.73 Å². The van der Waals surface area contributed by atoms with Crippen LogP contribution in [0.4, 0.5) is 4.39 Å². The van der Waals surface area contributed by atoms with E-state index < -0.39 is 21.8 Å². The molecule has 8 heteroatoms. The highest BCUT2D eigenvalue weighted by Gasteiger charge is 2.05. The first kappa shape index (κ1) is 19.0. The van der Waals surface area contributed by atoms with Gasteiger partial charge in [0, 0.05) is 4.47 Å². The van der Waals surface area contributed by atoms with Crippen LogP contribution in [0.3, 0.4) is 0 Å². The minimum absolute atomic E-state index is 0.284. The van der Waals surface area contributed by atoms with Crippen LogP contribution >= 0.6 is 15.9 Å². The van der Waals surface area contributed by atoms with E-state index in [4.69, 9.17) is 10.3 Å². The van der Waals surface area contributed by atoms with Crippen molar-refractivity contribution in [1.29, 1.82) is 0 Å². The maximum Gasteiger partial charge on any atom is 0.287 e. The van der Waals surface area contributed by atoms with E-state index in [1.54, 1.807) is 24.3 Å². The van der Waals surface area contributed by atoms with Crippen molar-refractivity contribution in [2.24, 2.45) is 5.73 Å². The molecule has 122 valence electrons. The molecule has 2 rings (SSSR count). The highest BCUT2D eigenvalue weighted by atomic mass is 79.9. The molecule has 0 saturated heterocycles. The lowest BCUT2D eigenvalue weighted by molar-refractivity contribution is 0.0999. The summed E-state index contributed by atoms with van der Waals surface area (Å²) >= 11 is 3.01. The molecule has 0 aromatic heterocycles. The normalized spacial score (nSPS) is 10.9. The summed E-state index contributed by atoms with van der Waals surface area (Å²) in [4.78, 5) is 10.6. The van der Waals surface area contributed by atoms with Crippen molar-refractivity contribution in [2.75, 3.05) is 0 Å². The zero-order chi connectivity index (χ0) is 17.5. The Kier molecular flexibility index (Phi) is 7.08. The summed E-state index contributed by atoms with van der Waals surface area (Å²) in [6.45, 7) is 0. The highest BCUT2D eigenvalue weighted by Crippen LogP contribution is 2.16. The largest absolute Gasteiger partial charge is 0.366 e. The molecule has 0 saturated carbocycles. The molecule has 0 aliphatic carbocycles. The van der Waals surface area contributed by atoms with E-state index in [0.29, 0.717) is 4.47 Å². The number of hydrogen-bond donors (Lipinski definition) is 2. The van der Waals surface area contributed by atoms with Gasteiger partial charge in [0.2, 0.25) is 5.91 Å². The second-order valence-electron chi connectivity index (χ2n) is 4.22. The third kappa shape index (κ3) is 7.68. The molecule has 2 aromatic rings. The maximum atomic E-state index is 12.4. The number of hydrogen-bond acceptors (Lipinski definition) is 3. The van der Waals surface area contributed by atoms with Gasteiger partial charge in [-0.1, -0.05) is 30.3 Å². The number of nitrogens with two attached hydrogens (primary N) is 1. The molecule has 0 unspecified atom stereocenters. The predicted octanol–water partition coefficient (Wildman–Crippen LogP) is 3.23. The van der Waals surface area contributed by atoms with E-state index in [1.807, 2.05) is 6.07 Å². The number of carbonyl (C=O) groups excluding carboxylic acids is 1. The van der Waals surface area contributed by atoms with E-state index in [1.165, 1.54) is 24.3 Å². The van der Waals surface area contributed by atoms with Gasteiger partial charge in [-0.15, -0.1) is 0 Å². The van der Waals surface area contributed by atoms with Gasteiger partial charge >= 0.3 is 0 Å². The third-order valence-electron chi connectivity index (χ3n) is 2.43. The molecule has 0 bridgehead atoms. The molecular weight excluding hydrogens is 389 g/mol. The van der Waals surface area contributed by atoms with Gasteiger partial charge in [0.15, 0.2) is 0 Å². The molecule has 0 heterocycles. The van der Waals surface area contributed by atoms with E-state index in [-0.39, 0.29) is 5.56 Å². The molecule has 2 aromatic carbocycles. The number of carbonyl (C=O) groups is 1. The Morgan fingerprint density at radius 1 is 1.17 bits per heavy atom. The molecule has 0 radical (unpaired) electrons. The minimum atomic E-state index is -4.00. The molecule has 3 N–H and O–H groups in total. The fourth-order valence-corrected chi connectivity index (χ4v) is 2.29. The average molecular weight is 402 g/mol. The summed E-state index contributed by atoms with van der Waals surface area (Å²) in [6.07, 6.45) is 1.33. The van der Waals surface area contributed by atoms with E-state index in [2.05, 4.69) is 15.9 Å². The van der Waals surface area contributed by atoms with Gasteiger partial charge in [-0.25, -0.2) is 4.39 Å². The van der Waals surface area contributed by atoms with Crippen LogP contribution in [-0.4, -0.2) is 18.9 Å². The Labute approximate surface area is 141 Å². The van der Waals surface area contributed by atoms with Crippen molar-refractivity contribution in [3.63, 3.8) is 0 Å². The molecule has 0 aliphatic rings. The molecule has 0 aliphatic heterocycles. The smallest absolute Gasteiger partial charge is 0.287 e. The molecule has 23 heavy (non-hydrogen) atoms. The lowest BCUT2D eigenvalue weighted by atomic mass is 10.2. The predicted molar refractivity (Wildman–Crippen MR) is 89.6 cm³/mol. The van der Waals surface area contributed by atoms with Crippen LogP contribution in [0.15, 0.2) is 58.4 Å². The lowest BCUT2D eigenvalue weighted by Crippen LogP contribution is -2.11. The molecule has 0 fully saturated rings. The van der Waals surface area contributed by atoms with E-state index >= 15 is 0 Å². The van der Waals surface area contributed by atoms with Crippen molar-refractivity contribution in [2.45, 2.75) is 0 Å². The fraction of sp³-hybridized carbons (Fsp3) is 0. The van der Waals surface area contributed by atoms with Crippen LogP contribution in [-0.2, 0) is 10.1 Å². The van der Waals surface area contributed by atoms with Crippen LogP contribution in [0, 0.1) is 5.82 Å². The number of benzene rings is 2. The Morgan fingerprint density at radius 2 is 1.78 bits per heavy atom. The molecule has 0 atom stereocenters. The number of halogens is 2. The zero-order valence-corrected chi connectivity index (χ0v) is 14.1. The van der Waals surface area contributed by atoms with Crippen molar-refractivity contribution in [3.05, 3.63) is 75.4 Å². The molecule has 1 amide bonds. The van der Waals surface area contributed by atoms with Crippen molar-refractivity contribution < 1.29 is 22.2 Å². The molecule has 5 nitrogen and oxygen atoms in total. The Morgan fingerprint density at radius 3 is 2.26 bits per heavy atom.